The zero-order valence-electron chi connectivity index (χ0n) is 16.2. The molecule has 3 fully saturated rings. The van der Waals surface area contributed by atoms with Gasteiger partial charge in [-0.2, -0.15) is 0 Å². The Morgan fingerprint density at radius 1 is 0.962 bits per heavy atom. The molecule has 0 spiro atoms. The molecule has 2 aliphatic heterocycles. The summed E-state index contributed by atoms with van der Waals surface area (Å²) < 4.78 is 0. The summed E-state index contributed by atoms with van der Waals surface area (Å²) in [5.41, 5.74) is 0.523. The number of carbonyl (C=O) groups is 1. The predicted octanol–water partition coefficient (Wildman–Crippen LogP) is 4.26. The van der Waals surface area contributed by atoms with Crippen molar-refractivity contribution in [3.63, 3.8) is 0 Å². The molecule has 1 aromatic carbocycles. The molecule has 4 rings (SSSR count). The number of nitrogens with zero attached hydrogens (tertiary/aromatic N) is 3. The minimum absolute atomic E-state index is 0.0969. The molecule has 3 aliphatic rings. The van der Waals surface area contributed by atoms with Gasteiger partial charge in [0, 0.05) is 0 Å². The summed E-state index contributed by atoms with van der Waals surface area (Å²) in [5, 5.41) is 0. The van der Waals surface area contributed by atoms with Crippen LogP contribution < -0.4 is 4.90 Å². The summed E-state index contributed by atoms with van der Waals surface area (Å²) in [6.45, 7) is 6.37. The molecule has 0 aromatic heterocycles. The number of amides is 1. The number of hydrogen-bond acceptors (Lipinski definition) is 3. The highest BCUT2D eigenvalue weighted by Crippen LogP contribution is 2.41. The van der Waals surface area contributed by atoms with Crippen LogP contribution in [0.5, 0.6) is 0 Å². The summed E-state index contributed by atoms with van der Waals surface area (Å²) in [6, 6.07) is 10.6. The highest BCUT2D eigenvalue weighted by molar-refractivity contribution is 6.27. The van der Waals surface area contributed by atoms with Gasteiger partial charge in [0.15, 0.2) is 0 Å². The third-order valence-corrected chi connectivity index (χ3v) is 6.32. The van der Waals surface area contributed by atoms with Gasteiger partial charge in [0.1, 0.15) is 5.84 Å². The quantitative estimate of drug-likeness (QED) is 0.814. The fourth-order valence-corrected chi connectivity index (χ4v) is 4.93. The molecule has 1 aliphatic carbocycles. The van der Waals surface area contributed by atoms with Crippen LogP contribution in [-0.4, -0.2) is 41.8 Å². The lowest BCUT2D eigenvalue weighted by Gasteiger charge is -2.32. The van der Waals surface area contributed by atoms with Crippen molar-refractivity contribution in [1.82, 2.24) is 4.90 Å². The van der Waals surface area contributed by atoms with Crippen LogP contribution in [0.1, 0.15) is 58.8 Å². The fourth-order valence-electron chi connectivity index (χ4n) is 4.93. The van der Waals surface area contributed by atoms with Gasteiger partial charge in [-0.1, -0.05) is 37.5 Å². The van der Waals surface area contributed by atoms with Gasteiger partial charge in [0.25, 0.3) is 0 Å². The molecular formula is C22H31N3O. The SMILES string of the molecule is CC1(C)C(=O)N(c2ccccc2)C(=NC2CCCCC2)[C@@H]1N1CCCC1. The van der Waals surface area contributed by atoms with Crippen molar-refractivity contribution in [3.05, 3.63) is 30.3 Å². The average Bonchev–Trinajstić information content (AvgIpc) is 3.23. The van der Waals surface area contributed by atoms with Gasteiger partial charge in [0.2, 0.25) is 5.91 Å². The topological polar surface area (TPSA) is 35.9 Å². The molecule has 0 N–H and O–H groups in total. The van der Waals surface area contributed by atoms with Crippen LogP contribution in [0.15, 0.2) is 35.3 Å². The van der Waals surface area contributed by atoms with Crippen molar-refractivity contribution in [3.8, 4) is 0 Å². The van der Waals surface area contributed by atoms with E-state index in [1.54, 1.807) is 0 Å². The highest BCUT2D eigenvalue weighted by Gasteiger charge is 2.55. The largest absolute Gasteiger partial charge is 0.293 e. The second-order valence-electron chi connectivity index (χ2n) is 8.62. The average molecular weight is 354 g/mol. The van der Waals surface area contributed by atoms with Crippen LogP contribution in [0.25, 0.3) is 0 Å². The van der Waals surface area contributed by atoms with E-state index in [9.17, 15) is 4.79 Å². The number of para-hydroxylation sites is 1. The van der Waals surface area contributed by atoms with Crippen molar-refractivity contribution in [2.24, 2.45) is 10.4 Å². The second kappa shape index (κ2) is 7.15. The van der Waals surface area contributed by atoms with Gasteiger partial charge in [0.05, 0.1) is 23.2 Å². The van der Waals surface area contributed by atoms with Crippen LogP contribution in [0.3, 0.4) is 0 Å². The molecule has 2 saturated heterocycles. The first-order valence-electron chi connectivity index (χ1n) is 10.3. The van der Waals surface area contributed by atoms with E-state index in [0.29, 0.717) is 6.04 Å². The van der Waals surface area contributed by atoms with Gasteiger partial charge in [-0.05, 0) is 64.8 Å². The molecule has 0 radical (unpaired) electrons. The number of aliphatic imine (C=N–C) groups is 1. The van der Waals surface area contributed by atoms with E-state index in [4.69, 9.17) is 4.99 Å². The van der Waals surface area contributed by atoms with Crippen LogP contribution >= 0.6 is 0 Å². The summed E-state index contributed by atoms with van der Waals surface area (Å²) in [7, 11) is 0. The Hall–Kier alpha value is -1.68. The third kappa shape index (κ3) is 3.09. The number of carbonyl (C=O) groups excluding carboxylic acids is 1. The maximum atomic E-state index is 13.5. The van der Waals surface area contributed by atoms with Gasteiger partial charge < -0.3 is 0 Å². The van der Waals surface area contributed by atoms with E-state index < -0.39 is 5.41 Å². The van der Waals surface area contributed by atoms with E-state index in [-0.39, 0.29) is 11.9 Å². The minimum Gasteiger partial charge on any atom is -0.293 e. The first kappa shape index (κ1) is 17.7. The smallest absolute Gasteiger partial charge is 0.240 e. The Morgan fingerprint density at radius 2 is 1.62 bits per heavy atom. The lowest BCUT2D eigenvalue weighted by Crippen LogP contribution is -2.46. The molecule has 1 amide bonds. The number of benzene rings is 1. The number of hydrogen-bond donors (Lipinski definition) is 0. The maximum absolute atomic E-state index is 13.5. The Labute approximate surface area is 157 Å². The van der Waals surface area contributed by atoms with Crippen LogP contribution in [0.4, 0.5) is 5.69 Å². The molecule has 140 valence electrons. The predicted molar refractivity (Wildman–Crippen MR) is 107 cm³/mol. The highest BCUT2D eigenvalue weighted by atomic mass is 16.2. The van der Waals surface area contributed by atoms with E-state index in [1.165, 1.54) is 32.1 Å². The zero-order chi connectivity index (χ0) is 18.1. The number of rotatable bonds is 3. The van der Waals surface area contributed by atoms with Gasteiger partial charge >= 0.3 is 0 Å². The fraction of sp³-hybridized carbons (Fsp3) is 0.636. The number of amidine groups is 1. The van der Waals surface area contributed by atoms with Crippen molar-refractivity contribution >= 4 is 17.4 Å². The third-order valence-electron chi connectivity index (χ3n) is 6.32. The molecule has 4 nitrogen and oxygen atoms in total. The molecule has 1 aromatic rings. The van der Waals surface area contributed by atoms with Crippen molar-refractivity contribution in [2.75, 3.05) is 18.0 Å². The number of anilines is 1. The van der Waals surface area contributed by atoms with E-state index in [2.05, 4.69) is 18.7 Å². The first-order chi connectivity index (χ1) is 12.6. The Morgan fingerprint density at radius 3 is 2.27 bits per heavy atom. The lowest BCUT2D eigenvalue weighted by molar-refractivity contribution is -0.125. The van der Waals surface area contributed by atoms with Crippen molar-refractivity contribution < 1.29 is 4.79 Å². The first-order valence-corrected chi connectivity index (χ1v) is 10.3. The van der Waals surface area contributed by atoms with Gasteiger partial charge in [-0.15, -0.1) is 0 Å². The maximum Gasteiger partial charge on any atom is 0.240 e. The summed E-state index contributed by atoms with van der Waals surface area (Å²) >= 11 is 0. The summed E-state index contributed by atoms with van der Waals surface area (Å²) in [6.07, 6.45) is 8.62. The van der Waals surface area contributed by atoms with Crippen LogP contribution in [0, 0.1) is 5.41 Å². The summed E-state index contributed by atoms with van der Waals surface area (Å²) in [4.78, 5) is 23.1. The monoisotopic (exact) mass is 353 g/mol. The molecular weight excluding hydrogens is 322 g/mol. The molecule has 2 heterocycles. The molecule has 26 heavy (non-hydrogen) atoms. The standard InChI is InChI=1S/C22H31N3O/c1-22(2)19(24-15-9-10-16-24)20(23-17-11-5-3-6-12-17)25(21(22)26)18-13-7-4-8-14-18/h4,7-8,13-14,17,19H,3,5-6,9-12,15-16H2,1-2H3/t19-/m0/s1. The van der Waals surface area contributed by atoms with E-state index >= 15 is 0 Å². The summed E-state index contributed by atoms with van der Waals surface area (Å²) in [5.74, 6) is 1.19. The molecule has 1 atom stereocenters. The Bertz CT molecular complexity index is 670. The molecule has 0 unspecified atom stereocenters. The second-order valence-corrected chi connectivity index (χ2v) is 8.62. The molecule has 4 heteroatoms. The zero-order valence-corrected chi connectivity index (χ0v) is 16.2. The van der Waals surface area contributed by atoms with E-state index in [0.717, 1.165) is 37.5 Å². The van der Waals surface area contributed by atoms with Crippen molar-refractivity contribution in [1.29, 1.82) is 0 Å². The lowest BCUT2D eigenvalue weighted by atomic mass is 9.85. The van der Waals surface area contributed by atoms with Crippen LogP contribution in [0.2, 0.25) is 0 Å². The minimum atomic E-state index is -0.437. The Kier molecular flexibility index (Phi) is 4.87. The number of likely N-dealkylation sites (tertiary alicyclic amines) is 1. The molecule has 1 saturated carbocycles. The van der Waals surface area contributed by atoms with E-state index in [1.807, 2.05) is 35.2 Å². The normalized spacial score (nSPS) is 29.0. The van der Waals surface area contributed by atoms with Gasteiger partial charge in [-0.25, -0.2) is 0 Å². The molecule has 0 bridgehead atoms. The Balaban J connectivity index is 1.77. The van der Waals surface area contributed by atoms with Crippen LogP contribution in [-0.2, 0) is 4.79 Å². The van der Waals surface area contributed by atoms with Gasteiger partial charge in [-0.3, -0.25) is 19.6 Å². The van der Waals surface area contributed by atoms with Crippen molar-refractivity contribution in [2.45, 2.75) is 70.9 Å².